The lowest BCUT2D eigenvalue weighted by molar-refractivity contribution is -0.877. The smallest absolute Gasteiger partial charge is 0.341 e. The minimum Gasteiger partial charge on any atom is -0.632 e. The number of esters is 2. The van der Waals surface area contributed by atoms with E-state index in [0.717, 1.165) is 0 Å². The molecule has 9 nitrogen and oxygen atoms in total. The van der Waals surface area contributed by atoms with Gasteiger partial charge in [0.1, 0.15) is 6.61 Å². The molecule has 0 radical (unpaired) electrons. The van der Waals surface area contributed by atoms with Crippen molar-refractivity contribution in [3.8, 4) is 0 Å². The Morgan fingerprint density at radius 2 is 2.03 bits per heavy atom. The number of ether oxygens (including phenoxy) is 3. The van der Waals surface area contributed by atoms with E-state index in [0.29, 0.717) is 24.1 Å². The summed E-state index contributed by atoms with van der Waals surface area (Å²) in [6.45, 7) is 6.31. The molecular weight excluding hydrogens is 394 g/mol. The lowest BCUT2D eigenvalue weighted by Gasteiger charge is -2.41. The van der Waals surface area contributed by atoms with Crippen molar-refractivity contribution in [2.24, 2.45) is 0 Å². The Labute approximate surface area is 177 Å². The average Bonchev–Trinajstić information content (AvgIpc) is 3.18. The Balaban J connectivity index is 2.10. The molecule has 1 fully saturated rings. The van der Waals surface area contributed by atoms with Gasteiger partial charge >= 0.3 is 11.9 Å². The summed E-state index contributed by atoms with van der Waals surface area (Å²) in [5.74, 6) is -1.48. The first kappa shape index (κ1) is 24.5. The second-order valence-corrected chi connectivity index (χ2v) is 8.52. The number of hydrogen-bond donors (Lipinski definition) is 2. The maximum absolute atomic E-state index is 13.1. The van der Waals surface area contributed by atoms with Crippen molar-refractivity contribution in [2.75, 3.05) is 33.4 Å². The van der Waals surface area contributed by atoms with Gasteiger partial charge in [0.25, 0.3) is 0 Å². The maximum Gasteiger partial charge on any atom is 0.341 e. The van der Waals surface area contributed by atoms with Crippen LogP contribution in [0.2, 0.25) is 0 Å². The second-order valence-electron chi connectivity index (χ2n) is 8.52. The molecule has 170 valence electrons. The lowest BCUT2D eigenvalue weighted by atomic mass is 9.83. The zero-order chi connectivity index (χ0) is 22.7. The molecule has 2 N–H and O–H groups in total. The molecule has 2 aliphatic rings. The van der Waals surface area contributed by atoms with Gasteiger partial charge in [0.05, 0.1) is 18.7 Å². The minimum atomic E-state index is -2.17. The Morgan fingerprint density at radius 3 is 2.60 bits per heavy atom. The molecule has 2 aliphatic heterocycles. The Morgan fingerprint density at radius 1 is 1.37 bits per heavy atom. The van der Waals surface area contributed by atoms with Gasteiger partial charge in [-0.1, -0.05) is 6.08 Å². The van der Waals surface area contributed by atoms with Crippen molar-refractivity contribution >= 4 is 11.9 Å². The van der Waals surface area contributed by atoms with Crippen LogP contribution in [0.4, 0.5) is 0 Å². The Kier molecular flexibility index (Phi) is 7.47. The van der Waals surface area contributed by atoms with E-state index in [2.05, 4.69) is 0 Å². The molecule has 0 aromatic rings. The van der Waals surface area contributed by atoms with Gasteiger partial charge in [0.2, 0.25) is 0 Å². The standard InChI is InChI=1S/C21H33NO8/c1-6-14(2)18(23)30-16-8-11-22(27)10-7-15(17(16)22)13-29-19(24)21(26,9-12-28-5)20(3,4)25/h6-7,16-17,25-26H,8-13H2,1-5H3/b14-6-/t16-,17-,21+,22?/m0/s1. The van der Waals surface area contributed by atoms with Crippen LogP contribution in [-0.2, 0) is 23.8 Å². The highest BCUT2D eigenvalue weighted by Crippen LogP contribution is 2.38. The normalized spacial score (nSPS) is 28.5. The van der Waals surface area contributed by atoms with Crippen LogP contribution in [0.25, 0.3) is 0 Å². The number of quaternary nitrogens is 1. The van der Waals surface area contributed by atoms with E-state index in [-0.39, 0.29) is 26.2 Å². The van der Waals surface area contributed by atoms with Gasteiger partial charge in [0, 0.05) is 37.7 Å². The van der Waals surface area contributed by atoms with Gasteiger partial charge in [-0.3, -0.25) is 0 Å². The van der Waals surface area contributed by atoms with Crippen LogP contribution in [0.1, 0.15) is 40.5 Å². The molecule has 0 bridgehead atoms. The first-order valence-electron chi connectivity index (χ1n) is 10.1. The van der Waals surface area contributed by atoms with E-state index in [1.807, 2.05) is 0 Å². The van der Waals surface area contributed by atoms with Gasteiger partial charge in [-0.15, -0.1) is 0 Å². The number of allylic oxidation sites excluding steroid dienone is 1. The zero-order valence-corrected chi connectivity index (χ0v) is 18.3. The van der Waals surface area contributed by atoms with E-state index >= 15 is 0 Å². The third-order valence-corrected chi connectivity index (χ3v) is 6.09. The van der Waals surface area contributed by atoms with Crippen LogP contribution < -0.4 is 0 Å². The summed E-state index contributed by atoms with van der Waals surface area (Å²) in [5.41, 5.74) is -2.93. The van der Waals surface area contributed by atoms with E-state index in [9.17, 15) is 25.0 Å². The van der Waals surface area contributed by atoms with E-state index < -0.39 is 39.9 Å². The summed E-state index contributed by atoms with van der Waals surface area (Å²) in [4.78, 5) is 24.8. The summed E-state index contributed by atoms with van der Waals surface area (Å²) in [7, 11) is 1.42. The van der Waals surface area contributed by atoms with Crippen molar-refractivity contribution in [3.05, 3.63) is 28.5 Å². The fourth-order valence-electron chi connectivity index (χ4n) is 3.88. The van der Waals surface area contributed by atoms with Crippen molar-refractivity contribution < 1.29 is 38.7 Å². The number of hydrogen-bond acceptors (Lipinski definition) is 8. The van der Waals surface area contributed by atoms with E-state index in [1.165, 1.54) is 21.0 Å². The van der Waals surface area contributed by atoms with Gasteiger partial charge in [-0.2, -0.15) is 0 Å². The highest BCUT2D eigenvalue weighted by Gasteiger charge is 2.52. The summed E-state index contributed by atoms with van der Waals surface area (Å²) in [6, 6.07) is -0.652. The quantitative estimate of drug-likeness (QED) is 0.183. The predicted octanol–water partition coefficient (Wildman–Crippen LogP) is 0.973. The fraction of sp³-hybridized carbons (Fsp3) is 0.714. The predicted molar refractivity (Wildman–Crippen MR) is 108 cm³/mol. The lowest BCUT2D eigenvalue weighted by Crippen LogP contribution is -2.57. The first-order valence-corrected chi connectivity index (χ1v) is 10.1. The molecule has 0 saturated carbocycles. The number of hydroxylamine groups is 3. The number of fused-ring (bicyclic) bond motifs is 1. The molecule has 9 heteroatoms. The van der Waals surface area contributed by atoms with Gasteiger partial charge in [0.15, 0.2) is 17.7 Å². The van der Waals surface area contributed by atoms with Crippen LogP contribution in [0, 0.1) is 5.21 Å². The molecule has 2 heterocycles. The average molecular weight is 427 g/mol. The maximum atomic E-state index is 13.1. The zero-order valence-electron chi connectivity index (χ0n) is 18.3. The molecule has 0 aliphatic carbocycles. The molecule has 0 aromatic heterocycles. The molecule has 0 aromatic carbocycles. The summed E-state index contributed by atoms with van der Waals surface area (Å²) < 4.78 is 15.2. The second kappa shape index (κ2) is 9.15. The van der Waals surface area contributed by atoms with Gasteiger partial charge in [-0.05, 0) is 33.8 Å². The number of methoxy groups -OCH3 is 1. The SMILES string of the molecule is C/C=C(/C)C(=O)O[C@H]1CC[N+]2([O-])CC=C(COC(=O)[C@](O)(CCOC)C(C)(C)O)[C@@H]12. The fourth-order valence-corrected chi connectivity index (χ4v) is 3.88. The first-order chi connectivity index (χ1) is 13.9. The molecule has 1 saturated heterocycles. The number of carbonyl (C=O) groups excluding carboxylic acids is 2. The number of aliphatic hydroxyl groups is 2. The monoisotopic (exact) mass is 427 g/mol. The summed E-state index contributed by atoms with van der Waals surface area (Å²) >= 11 is 0. The van der Waals surface area contributed by atoms with Crippen molar-refractivity contribution in [1.82, 2.24) is 0 Å². The van der Waals surface area contributed by atoms with Crippen molar-refractivity contribution in [1.29, 1.82) is 0 Å². The van der Waals surface area contributed by atoms with Crippen molar-refractivity contribution in [3.63, 3.8) is 0 Å². The van der Waals surface area contributed by atoms with Crippen LogP contribution in [-0.4, -0.2) is 83.6 Å². The van der Waals surface area contributed by atoms with Crippen LogP contribution in [0.15, 0.2) is 23.3 Å². The highest BCUT2D eigenvalue weighted by molar-refractivity contribution is 5.87. The molecule has 0 spiro atoms. The third kappa shape index (κ3) is 4.76. The summed E-state index contributed by atoms with van der Waals surface area (Å²) in [5, 5.41) is 34.1. The van der Waals surface area contributed by atoms with E-state index in [4.69, 9.17) is 14.2 Å². The van der Waals surface area contributed by atoms with Gasteiger partial charge in [-0.25, -0.2) is 9.59 Å². The molecule has 4 atom stereocenters. The molecule has 1 unspecified atom stereocenters. The number of rotatable bonds is 9. The molecule has 2 rings (SSSR count). The third-order valence-electron chi connectivity index (χ3n) is 6.09. The largest absolute Gasteiger partial charge is 0.632 e. The van der Waals surface area contributed by atoms with Crippen LogP contribution in [0.5, 0.6) is 0 Å². The van der Waals surface area contributed by atoms with Crippen LogP contribution in [0.3, 0.4) is 0 Å². The number of carbonyl (C=O) groups is 2. The Hall–Kier alpha value is -1.78. The highest BCUT2D eigenvalue weighted by atomic mass is 16.6. The van der Waals surface area contributed by atoms with Crippen molar-refractivity contribution in [2.45, 2.75) is 63.9 Å². The summed E-state index contributed by atoms with van der Waals surface area (Å²) in [6.07, 6.45) is 2.99. The molecule has 0 amide bonds. The van der Waals surface area contributed by atoms with E-state index in [1.54, 1.807) is 26.0 Å². The molecular formula is C21H33NO8. The number of nitrogens with zero attached hydrogens (tertiary/aromatic N) is 1. The van der Waals surface area contributed by atoms with Crippen LogP contribution >= 0.6 is 0 Å². The topological polar surface area (TPSA) is 125 Å². The van der Waals surface area contributed by atoms with Gasteiger partial charge < -0.3 is 34.3 Å². The minimum absolute atomic E-state index is 0.0454. The Bertz CT molecular complexity index is 725. The molecule has 30 heavy (non-hydrogen) atoms.